The van der Waals surface area contributed by atoms with Crippen molar-refractivity contribution >= 4 is 11.6 Å². The van der Waals surface area contributed by atoms with Crippen LogP contribution in [-0.2, 0) is 9.53 Å². The molecule has 3 rings (SSSR count). The van der Waals surface area contributed by atoms with Crippen LogP contribution in [0, 0.1) is 6.92 Å². The van der Waals surface area contributed by atoms with Crippen LogP contribution in [-0.4, -0.2) is 44.9 Å². The minimum Gasteiger partial charge on any atom is -0.484 e. The number of carbonyl (C=O) groups excluding carboxylic acids is 1. The number of hydrogen-bond donors (Lipinski definition) is 1. The van der Waals surface area contributed by atoms with Crippen LogP contribution >= 0.6 is 0 Å². The van der Waals surface area contributed by atoms with E-state index in [1.807, 2.05) is 49.4 Å². The molecule has 1 saturated heterocycles. The van der Waals surface area contributed by atoms with Gasteiger partial charge in [-0.25, -0.2) is 0 Å². The zero-order valence-corrected chi connectivity index (χ0v) is 14.5. The summed E-state index contributed by atoms with van der Waals surface area (Å²) in [6.45, 7) is 4.78. The van der Waals surface area contributed by atoms with Gasteiger partial charge in [-0.05, 0) is 36.8 Å². The van der Waals surface area contributed by atoms with E-state index in [9.17, 15) is 4.79 Å². The monoisotopic (exact) mass is 340 g/mol. The molecule has 0 bridgehead atoms. The molecule has 0 radical (unpaired) electrons. The lowest BCUT2D eigenvalue weighted by atomic mass is 10.2. The number of nitrogens with one attached hydrogen (secondary N) is 1. The van der Waals surface area contributed by atoms with E-state index < -0.39 is 0 Å². The van der Waals surface area contributed by atoms with E-state index in [2.05, 4.69) is 22.3 Å². The number of ether oxygens (including phenoxy) is 2. The molecule has 2 aromatic rings. The van der Waals surface area contributed by atoms with Crippen molar-refractivity contribution in [1.29, 1.82) is 0 Å². The van der Waals surface area contributed by atoms with Gasteiger partial charge in [0.25, 0.3) is 5.91 Å². The van der Waals surface area contributed by atoms with Crippen molar-refractivity contribution in [3.05, 3.63) is 60.2 Å². The second kappa shape index (κ2) is 8.53. The number of benzene rings is 2. The van der Waals surface area contributed by atoms with Crippen LogP contribution in [0.25, 0.3) is 0 Å². The Balaban J connectivity index is 1.42. The summed E-state index contributed by atoms with van der Waals surface area (Å²) in [5.41, 5.74) is 2.29. The molecule has 0 spiro atoms. The number of amides is 1. The Bertz CT molecular complexity index is 690. The van der Waals surface area contributed by atoms with Crippen LogP contribution in [0.4, 0.5) is 5.69 Å². The number of nitrogens with zero attached hydrogens (tertiary/aromatic N) is 1. The van der Waals surface area contributed by atoms with Crippen molar-refractivity contribution < 1.29 is 14.3 Å². The minimum atomic E-state index is -0.137. The number of rotatable bonds is 6. The third-order valence-electron chi connectivity index (χ3n) is 4.15. The standard InChI is InChI=1S/C20H24N2O3/c1-16-6-5-9-18(12-16)25-15-20(23)21-13-19-14-22(10-11-24-19)17-7-3-2-4-8-17/h2-9,12,19H,10-11,13-15H2,1H3,(H,21,23). The van der Waals surface area contributed by atoms with Gasteiger partial charge >= 0.3 is 0 Å². The number of hydrogen-bond acceptors (Lipinski definition) is 4. The van der Waals surface area contributed by atoms with E-state index in [0.29, 0.717) is 18.9 Å². The van der Waals surface area contributed by atoms with E-state index in [-0.39, 0.29) is 18.6 Å². The minimum absolute atomic E-state index is 0.0125. The molecule has 1 aliphatic heterocycles. The molecule has 1 amide bonds. The lowest BCUT2D eigenvalue weighted by Gasteiger charge is -2.34. The third-order valence-corrected chi connectivity index (χ3v) is 4.15. The summed E-state index contributed by atoms with van der Waals surface area (Å²) in [6, 6.07) is 17.9. The van der Waals surface area contributed by atoms with Gasteiger partial charge in [0.2, 0.25) is 0 Å². The number of aryl methyl sites for hydroxylation is 1. The molecule has 5 nitrogen and oxygen atoms in total. The maximum atomic E-state index is 12.0. The number of morpholine rings is 1. The first-order chi connectivity index (χ1) is 12.2. The molecular formula is C20H24N2O3. The fraction of sp³-hybridized carbons (Fsp3) is 0.350. The first kappa shape index (κ1) is 17.3. The zero-order chi connectivity index (χ0) is 17.5. The first-order valence-electron chi connectivity index (χ1n) is 8.58. The summed E-state index contributed by atoms with van der Waals surface area (Å²) in [6.07, 6.45) is -0.0168. The Kier molecular flexibility index (Phi) is 5.90. The molecule has 5 heteroatoms. The molecule has 0 aromatic heterocycles. The Morgan fingerprint density at radius 2 is 2.08 bits per heavy atom. The third kappa shape index (κ3) is 5.22. The van der Waals surface area contributed by atoms with Gasteiger partial charge in [0.15, 0.2) is 6.61 Å². The molecule has 0 aliphatic carbocycles. The Morgan fingerprint density at radius 3 is 2.88 bits per heavy atom. The molecule has 0 saturated carbocycles. The molecule has 1 aliphatic rings. The molecular weight excluding hydrogens is 316 g/mol. The smallest absolute Gasteiger partial charge is 0.258 e. The van der Waals surface area contributed by atoms with Crippen LogP contribution in [0.3, 0.4) is 0 Å². The predicted octanol–water partition coefficient (Wildman–Crippen LogP) is 2.40. The van der Waals surface area contributed by atoms with Gasteiger partial charge in [-0.2, -0.15) is 0 Å². The SMILES string of the molecule is Cc1cccc(OCC(=O)NCC2CN(c3ccccc3)CCO2)c1. The van der Waals surface area contributed by atoms with E-state index in [0.717, 1.165) is 18.7 Å². The average molecular weight is 340 g/mol. The number of anilines is 1. The predicted molar refractivity (Wildman–Crippen MR) is 98.1 cm³/mol. The van der Waals surface area contributed by atoms with Crippen LogP contribution in [0.5, 0.6) is 5.75 Å². The molecule has 1 fully saturated rings. The van der Waals surface area contributed by atoms with Crippen molar-refractivity contribution in [3.63, 3.8) is 0 Å². The van der Waals surface area contributed by atoms with Crippen LogP contribution < -0.4 is 15.0 Å². The average Bonchev–Trinajstić information content (AvgIpc) is 2.66. The van der Waals surface area contributed by atoms with Crippen LogP contribution in [0.15, 0.2) is 54.6 Å². The van der Waals surface area contributed by atoms with Gasteiger partial charge in [-0.15, -0.1) is 0 Å². The lowest BCUT2D eigenvalue weighted by molar-refractivity contribution is -0.123. The van der Waals surface area contributed by atoms with Crippen LogP contribution in [0.2, 0.25) is 0 Å². The highest BCUT2D eigenvalue weighted by Gasteiger charge is 2.21. The maximum Gasteiger partial charge on any atom is 0.258 e. The fourth-order valence-electron chi connectivity index (χ4n) is 2.85. The molecule has 25 heavy (non-hydrogen) atoms. The summed E-state index contributed by atoms with van der Waals surface area (Å²) >= 11 is 0. The maximum absolute atomic E-state index is 12.0. The number of carbonyl (C=O) groups is 1. The molecule has 132 valence electrons. The lowest BCUT2D eigenvalue weighted by Crippen LogP contribution is -2.48. The van der Waals surface area contributed by atoms with Gasteiger partial charge in [0, 0.05) is 25.3 Å². The van der Waals surface area contributed by atoms with Crippen molar-refractivity contribution in [3.8, 4) is 5.75 Å². The zero-order valence-electron chi connectivity index (χ0n) is 14.5. The van der Waals surface area contributed by atoms with E-state index in [1.54, 1.807) is 0 Å². The summed E-state index contributed by atoms with van der Waals surface area (Å²) in [5, 5.41) is 2.89. The van der Waals surface area contributed by atoms with Gasteiger partial charge in [-0.3, -0.25) is 4.79 Å². The Hall–Kier alpha value is -2.53. The molecule has 1 heterocycles. The fourth-order valence-corrected chi connectivity index (χ4v) is 2.85. The molecule has 1 atom stereocenters. The van der Waals surface area contributed by atoms with E-state index in [1.165, 1.54) is 5.69 Å². The summed E-state index contributed by atoms with van der Waals surface area (Å²) in [4.78, 5) is 14.3. The largest absolute Gasteiger partial charge is 0.484 e. The van der Waals surface area contributed by atoms with Gasteiger partial charge < -0.3 is 19.7 Å². The van der Waals surface area contributed by atoms with Crippen molar-refractivity contribution in [2.75, 3.05) is 37.7 Å². The molecule has 1 N–H and O–H groups in total. The Labute approximate surface area is 148 Å². The van der Waals surface area contributed by atoms with Crippen molar-refractivity contribution in [2.45, 2.75) is 13.0 Å². The van der Waals surface area contributed by atoms with Crippen molar-refractivity contribution in [1.82, 2.24) is 5.32 Å². The highest BCUT2D eigenvalue weighted by atomic mass is 16.5. The van der Waals surface area contributed by atoms with Crippen LogP contribution in [0.1, 0.15) is 5.56 Å². The molecule has 1 unspecified atom stereocenters. The number of para-hydroxylation sites is 1. The Morgan fingerprint density at radius 1 is 1.24 bits per heavy atom. The highest BCUT2D eigenvalue weighted by Crippen LogP contribution is 2.17. The highest BCUT2D eigenvalue weighted by molar-refractivity contribution is 5.77. The van der Waals surface area contributed by atoms with Crippen molar-refractivity contribution in [2.24, 2.45) is 0 Å². The first-order valence-corrected chi connectivity index (χ1v) is 8.58. The van der Waals surface area contributed by atoms with E-state index in [4.69, 9.17) is 9.47 Å². The summed E-state index contributed by atoms with van der Waals surface area (Å²) < 4.78 is 11.3. The van der Waals surface area contributed by atoms with Gasteiger partial charge in [0.05, 0.1) is 12.7 Å². The second-order valence-corrected chi connectivity index (χ2v) is 6.18. The topological polar surface area (TPSA) is 50.8 Å². The molecule has 2 aromatic carbocycles. The normalized spacial score (nSPS) is 17.2. The second-order valence-electron chi connectivity index (χ2n) is 6.18. The van der Waals surface area contributed by atoms with Gasteiger partial charge in [0.1, 0.15) is 5.75 Å². The van der Waals surface area contributed by atoms with Gasteiger partial charge in [-0.1, -0.05) is 30.3 Å². The van der Waals surface area contributed by atoms with E-state index >= 15 is 0 Å². The summed E-state index contributed by atoms with van der Waals surface area (Å²) in [5.74, 6) is 0.571. The summed E-state index contributed by atoms with van der Waals surface area (Å²) in [7, 11) is 0. The quantitative estimate of drug-likeness (QED) is 0.877.